The highest BCUT2D eigenvalue weighted by Gasteiger charge is 2.23. The lowest BCUT2D eigenvalue weighted by Gasteiger charge is -2.13. The third-order valence-electron chi connectivity index (χ3n) is 5.04. The first-order valence-corrected chi connectivity index (χ1v) is 12.9. The first-order valence-electron chi connectivity index (χ1n) is 9.90. The molecular formula is C23H24FNO6S2. The topological polar surface area (TPSA) is 98.8 Å². The van der Waals surface area contributed by atoms with E-state index in [1.807, 2.05) is 0 Å². The van der Waals surface area contributed by atoms with Crippen LogP contribution in [-0.2, 0) is 26.3 Å². The van der Waals surface area contributed by atoms with Gasteiger partial charge in [0, 0.05) is 6.54 Å². The molecule has 0 saturated carbocycles. The Morgan fingerprint density at radius 2 is 1.45 bits per heavy atom. The minimum atomic E-state index is -4.02. The molecule has 176 valence electrons. The molecule has 0 aliphatic heterocycles. The maximum atomic E-state index is 13.2. The van der Waals surface area contributed by atoms with Gasteiger partial charge in [0.15, 0.2) is 11.5 Å². The Morgan fingerprint density at radius 3 is 2.09 bits per heavy atom. The van der Waals surface area contributed by atoms with Crippen LogP contribution in [0, 0.1) is 12.7 Å². The number of benzene rings is 3. The molecule has 0 bridgehead atoms. The summed E-state index contributed by atoms with van der Waals surface area (Å²) in [5, 5.41) is 0. The van der Waals surface area contributed by atoms with Crippen molar-refractivity contribution in [3.63, 3.8) is 0 Å². The summed E-state index contributed by atoms with van der Waals surface area (Å²) in [5.74, 6) is 0.531. The van der Waals surface area contributed by atoms with Gasteiger partial charge in [0.1, 0.15) is 5.82 Å². The van der Waals surface area contributed by atoms with Crippen molar-refractivity contribution in [2.24, 2.45) is 0 Å². The molecule has 0 aliphatic rings. The lowest BCUT2D eigenvalue weighted by Crippen LogP contribution is -2.27. The predicted octanol–water partition coefficient (Wildman–Crippen LogP) is 3.51. The van der Waals surface area contributed by atoms with Crippen molar-refractivity contribution >= 4 is 19.9 Å². The maximum Gasteiger partial charge on any atom is 0.240 e. The molecule has 0 unspecified atom stereocenters. The second-order valence-corrected chi connectivity index (χ2v) is 10.9. The summed E-state index contributed by atoms with van der Waals surface area (Å²) >= 11 is 0. The first kappa shape index (κ1) is 24.7. The van der Waals surface area contributed by atoms with E-state index in [1.54, 1.807) is 25.1 Å². The third-order valence-corrected chi connectivity index (χ3v) is 8.41. The second-order valence-electron chi connectivity index (χ2n) is 7.22. The zero-order chi connectivity index (χ0) is 24.2. The molecule has 0 aliphatic carbocycles. The predicted molar refractivity (Wildman–Crippen MR) is 121 cm³/mol. The molecule has 0 atom stereocenters. The summed E-state index contributed by atoms with van der Waals surface area (Å²) in [6.45, 7) is 1.67. The number of halogens is 1. The van der Waals surface area contributed by atoms with Crippen molar-refractivity contribution in [1.82, 2.24) is 4.72 Å². The summed E-state index contributed by atoms with van der Waals surface area (Å²) in [6, 6.07) is 13.5. The lowest BCUT2D eigenvalue weighted by atomic mass is 10.1. The van der Waals surface area contributed by atoms with E-state index >= 15 is 0 Å². The van der Waals surface area contributed by atoms with E-state index in [1.165, 1.54) is 26.4 Å². The molecule has 0 heterocycles. The van der Waals surface area contributed by atoms with Gasteiger partial charge in [-0.15, -0.1) is 0 Å². The fraction of sp³-hybridized carbons (Fsp3) is 0.217. The van der Waals surface area contributed by atoms with Crippen LogP contribution in [0.1, 0.15) is 11.1 Å². The molecule has 10 heteroatoms. The molecule has 3 rings (SSSR count). The highest BCUT2D eigenvalue weighted by atomic mass is 32.2. The Kier molecular flexibility index (Phi) is 7.41. The number of nitrogens with one attached hydrogen (secondary N) is 1. The number of sulfone groups is 1. The van der Waals surface area contributed by atoms with Gasteiger partial charge in [-0.3, -0.25) is 0 Å². The van der Waals surface area contributed by atoms with Gasteiger partial charge in [0.05, 0.1) is 28.9 Å². The molecule has 1 N–H and O–H groups in total. The van der Waals surface area contributed by atoms with E-state index < -0.39 is 25.7 Å². The third kappa shape index (κ3) is 5.52. The van der Waals surface area contributed by atoms with Gasteiger partial charge in [-0.1, -0.05) is 12.1 Å². The van der Waals surface area contributed by atoms with Crippen molar-refractivity contribution in [3.8, 4) is 11.5 Å². The standard InChI is InChI=1S/C23H24FNO6S2/c1-16-4-8-20(32(26,27)19-9-6-18(24)7-10-19)15-23(16)33(28,29)25-13-12-17-5-11-21(30-2)22(14-17)31-3/h4-11,14-15,25H,12-13H2,1-3H3. The van der Waals surface area contributed by atoms with Crippen LogP contribution >= 0.6 is 0 Å². The zero-order valence-electron chi connectivity index (χ0n) is 18.3. The van der Waals surface area contributed by atoms with E-state index in [9.17, 15) is 21.2 Å². The van der Waals surface area contributed by atoms with E-state index in [-0.39, 0.29) is 21.2 Å². The molecule has 0 aromatic heterocycles. The van der Waals surface area contributed by atoms with E-state index in [0.29, 0.717) is 23.5 Å². The number of rotatable bonds is 9. The van der Waals surface area contributed by atoms with Crippen LogP contribution in [0.3, 0.4) is 0 Å². The van der Waals surface area contributed by atoms with Gasteiger partial charge in [0.2, 0.25) is 19.9 Å². The van der Waals surface area contributed by atoms with Crippen LogP contribution in [0.2, 0.25) is 0 Å². The smallest absolute Gasteiger partial charge is 0.240 e. The second kappa shape index (κ2) is 9.90. The maximum absolute atomic E-state index is 13.2. The monoisotopic (exact) mass is 493 g/mol. The summed E-state index contributed by atoms with van der Waals surface area (Å²) in [6.07, 6.45) is 0.381. The van der Waals surface area contributed by atoms with Crippen molar-refractivity contribution in [1.29, 1.82) is 0 Å². The van der Waals surface area contributed by atoms with Crippen LogP contribution in [0.25, 0.3) is 0 Å². The zero-order valence-corrected chi connectivity index (χ0v) is 20.0. The average molecular weight is 494 g/mol. The molecule has 33 heavy (non-hydrogen) atoms. The number of methoxy groups -OCH3 is 2. The number of sulfonamides is 1. The molecule has 0 saturated heterocycles. The fourth-order valence-corrected chi connectivity index (χ4v) is 5.89. The molecule has 7 nitrogen and oxygen atoms in total. The molecule has 0 radical (unpaired) electrons. The fourth-order valence-electron chi connectivity index (χ4n) is 3.23. The Morgan fingerprint density at radius 1 is 0.818 bits per heavy atom. The van der Waals surface area contributed by atoms with Crippen LogP contribution in [0.15, 0.2) is 75.4 Å². The SMILES string of the molecule is COc1ccc(CCNS(=O)(=O)c2cc(S(=O)(=O)c3ccc(F)cc3)ccc2C)cc1OC. The Labute approximate surface area is 193 Å². The van der Waals surface area contributed by atoms with Gasteiger partial charge in [-0.2, -0.15) is 0 Å². The summed E-state index contributed by atoms with van der Waals surface area (Å²) in [7, 11) is -4.97. The van der Waals surface area contributed by atoms with Crippen molar-refractivity contribution in [3.05, 3.63) is 77.6 Å². The summed E-state index contributed by atoms with van der Waals surface area (Å²) in [4.78, 5) is -0.463. The van der Waals surface area contributed by atoms with E-state index in [4.69, 9.17) is 9.47 Å². The molecule has 0 amide bonds. The molecule has 0 fully saturated rings. The average Bonchev–Trinajstić information content (AvgIpc) is 2.79. The Bertz CT molecular complexity index is 1350. The number of hydrogen-bond acceptors (Lipinski definition) is 6. The normalized spacial score (nSPS) is 11.9. The lowest BCUT2D eigenvalue weighted by molar-refractivity contribution is 0.354. The highest BCUT2D eigenvalue weighted by molar-refractivity contribution is 7.91. The van der Waals surface area contributed by atoms with Crippen molar-refractivity contribution in [2.45, 2.75) is 28.0 Å². The first-order chi connectivity index (χ1) is 15.6. The number of hydrogen-bond donors (Lipinski definition) is 1. The largest absolute Gasteiger partial charge is 0.493 e. The van der Waals surface area contributed by atoms with Gasteiger partial charge in [-0.05, 0) is 73.0 Å². The van der Waals surface area contributed by atoms with Crippen molar-refractivity contribution < 1.29 is 30.7 Å². The summed E-state index contributed by atoms with van der Waals surface area (Å²) in [5.41, 5.74) is 1.23. The van der Waals surface area contributed by atoms with Gasteiger partial charge in [0.25, 0.3) is 0 Å². The van der Waals surface area contributed by atoms with Gasteiger partial charge < -0.3 is 9.47 Å². The van der Waals surface area contributed by atoms with Crippen molar-refractivity contribution in [2.75, 3.05) is 20.8 Å². The van der Waals surface area contributed by atoms with Crippen LogP contribution in [0.4, 0.5) is 4.39 Å². The molecule has 3 aromatic rings. The Hall–Kier alpha value is -2.95. The molecular weight excluding hydrogens is 469 g/mol. The Balaban J connectivity index is 1.81. The van der Waals surface area contributed by atoms with Gasteiger partial charge >= 0.3 is 0 Å². The molecule has 3 aromatic carbocycles. The highest BCUT2D eigenvalue weighted by Crippen LogP contribution is 2.28. The van der Waals surface area contributed by atoms with E-state index in [2.05, 4.69) is 4.72 Å². The number of aryl methyl sites for hydroxylation is 1. The van der Waals surface area contributed by atoms with Crippen LogP contribution in [0.5, 0.6) is 11.5 Å². The van der Waals surface area contributed by atoms with E-state index in [0.717, 1.165) is 35.9 Å². The molecule has 0 spiro atoms. The quantitative estimate of drug-likeness (QED) is 0.458. The summed E-state index contributed by atoms with van der Waals surface area (Å²) < 4.78 is 77.8. The van der Waals surface area contributed by atoms with Crippen LogP contribution in [-0.4, -0.2) is 37.6 Å². The van der Waals surface area contributed by atoms with Gasteiger partial charge in [-0.25, -0.2) is 25.9 Å². The van der Waals surface area contributed by atoms with Crippen LogP contribution < -0.4 is 14.2 Å². The minimum absolute atomic E-state index is 0.0895. The minimum Gasteiger partial charge on any atom is -0.493 e. The number of ether oxygens (including phenoxy) is 2.